The number of amides is 1. The number of halogens is 4. The Kier molecular flexibility index (Phi) is 5.92. The number of ether oxygens (including phenoxy) is 1. The van der Waals surface area contributed by atoms with E-state index in [4.69, 9.17) is 39.5 Å². The first kappa shape index (κ1) is 17.3. The fourth-order valence-corrected chi connectivity index (χ4v) is 2.68. The lowest BCUT2D eigenvalue weighted by molar-refractivity contribution is -0.118. The molecule has 0 atom stereocenters. The summed E-state index contributed by atoms with van der Waals surface area (Å²) in [5.41, 5.74) is 0.568. The number of nitrogens with one attached hydrogen (secondary N) is 1. The number of carbonyl (C=O) groups excluding carboxylic acids is 1. The molecule has 1 aromatic carbocycles. The number of aryl methyl sites for hydroxylation is 1. The van der Waals surface area contributed by atoms with Crippen molar-refractivity contribution >= 4 is 62.5 Å². The Morgan fingerprint density at radius 2 is 1.95 bits per heavy atom. The second-order valence-electron chi connectivity index (χ2n) is 4.30. The standard InChI is InChI=1S/C14H10BrCl3N2O2/c1-7-9(16)5-11(18)14(19-7)20-13(21)6-22-12-3-2-8(15)4-10(12)17/h2-5H,6H2,1H3,(H,19,20,21). The van der Waals surface area contributed by atoms with Crippen LogP contribution in [0.1, 0.15) is 5.69 Å². The summed E-state index contributed by atoms with van der Waals surface area (Å²) in [7, 11) is 0. The van der Waals surface area contributed by atoms with Crippen LogP contribution in [0.4, 0.5) is 5.82 Å². The molecule has 2 rings (SSSR count). The summed E-state index contributed by atoms with van der Waals surface area (Å²) in [6.07, 6.45) is 0. The van der Waals surface area contributed by atoms with Gasteiger partial charge in [0.05, 0.1) is 20.8 Å². The number of hydrogen-bond acceptors (Lipinski definition) is 3. The fourth-order valence-electron chi connectivity index (χ4n) is 1.55. The first-order valence-corrected chi connectivity index (χ1v) is 8.00. The summed E-state index contributed by atoms with van der Waals surface area (Å²) in [6, 6.07) is 6.63. The molecule has 1 aromatic heterocycles. The second kappa shape index (κ2) is 7.51. The second-order valence-corrected chi connectivity index (χ2v) is 6.43. The van der Waals surface area contributed by atoms with Crippen molar-refractivity contribution in [2.24, 2.45) is 0 Å². The van der Waals surface area contributed by atoms with Crippen molar-refractivity contribution in [3.8, 4) is 5.75 Å². The summed E-state index contributed by atoms with van der Waals surface area (Å²) < 4.78 is 6.18. The smallest absolute Gasteiger partial charge is 0.263 e. The minimum atomic E-state index is -0.407. The Labute approximate surface area is 150 Å². The summed E-state index contributed by atoms with van der Waals surface area (Å²) in [5, 5.41) is 3.65. The van der Waals surface area contributed by atoms with Gasteiger partial charge in [0.1, 0.15) is 5.75 Å². The predicted octanol–water partition coefficient (Wildman–Crippen LogP) is 5.13. The monoisotopic (exact) mass is 422 g/mol. The van der Waals surface area contributed by atoms with Crippen molar-refractivity contribution in [2.45, 2.75) is 6.92 Å². The van der Waals surface area contributed by atoms with E-state index in [1.54, 1.807) is 25.1 Å². The molecule has 0 aliphatic heterocycles. The molecule has 4 nitrogen and oxygen atoms in total. The van der Waals surface area contributed by atoms with Crippen LogP contribution in [0.2, 0.25) is 15.1 Å². The number of rotatable bonds is 4. The topological polar surface area (TPSA) is 51.2 Å². The third-order valence-corrected chi connectivity index (χ3v) is 4.07. The molecule has 0 unspecified atom stereocenters. The molecule has 1 amide bonds. The molecule has 1 heterocycles. The molecule has 0 aliphatic carbocycles. The molecule has 0 saturated carbocycles. The molecule has 0 fully saturated rings. The van der Waals surface area contributed by atoms with E-state index in [-0.39, 0.29) is 17.4 Å². The van der Waals surface area contributed by atoms with Crippen LogP contribution in [-0.2, 0) is 4.79 Å². The zero-order chi connectivity index (χ0) is 16.3. The van der Waals surface area contributed by atoms with Crippen LogP contribution in [0.15, 0.2) is 28.7 Å². The largest absolute Gasteiger partial charge is 0.482 e. The van der Waals surface area contributed by atoms with Crippen LogP contribution in [0.3, 0.4) is 0 Å². The van der Waals surface area contributed by atoms with Crippen LogP contribution >= 0.6 is 50.7 Å². The summed E-state index contributed by atoms with van der Waals surface area (Å²) in [6.45, 7) is 1.49. The predicted molar refractivity (Wildman–Crippen MR) is 92.3 cm³/mol. The van der Waals surface area contributed by atoms with E-state index in [0.717, 1.165) is 4.47 Å². The average molecular weight is 425 g/mol. The maximum absolute atomic E-state index is 11.9. The molecule has 0 aliphatic rings. The minimum Gasteiger partial charge on any atom is -0.482 e. The lowest BCUT2D eigenvalue weighted by Crippen LogP contribution is -2.21. The van der Waals surface area contributed by atoms with Crippen molar-refractivity contribution in [2.75, 3.05) is 11.9 Å². The van der Waals surface area contributed by atoms with Crippen molar-refractivity contribution in [1.82, 2.24) is 4.98 Å². The van der Waals surface area contributed by atoms with Crippen molar-refractivity contribution in [1.29, 1.82) is 0 Å². The molecule has 0 radical (unpaired) electrons. The van der Waals surface area contributed by atoms with E-state index in [0.29, 0.717) is 21.5 Å². The van der Waals surface area contributed by atoms with Gasteiger partial charge < -0.3 is 10.1 Å². The van der Waals surface area contributed by atoms with Gasteiger partial charge in [-0.25, -0.2) is 4.98 Å². The van der Waals surface area contributed by atoms with Gasteiger partial charge in [0.25, 0.3) is 5.91 Å². The van der Waals surface area contributed by atoms with Crippen molar-refractivity contribution in [3.05, 3.63) is 49.5 Å². The molecule has 0 saturated heterocycles. The summed E-state index contributed by atoms with van der Waals surface area (Å²) in [5.74, 6) is 0.237. The van der Waals surface area contributed by atoms with E-state index >= 15 is 0 Å². The lowest BCUT2D eigenvalue weighted by atomic mass is 10.3. The molecule has 8 heteroatoms. The normalized spacial score (nSPS) is 10.4. The summed E-state index contributed by atoms with van der Waals surface area (Å²) >= 11 is 21.2. The van der Waals surface area contributed by atoms with Gasteiger partial charge in [-0.05, 0) is 31.2 Å². The highest BCUT2D eigenvalue weighted by Gasteiger charge is 2.11. The number of nitrogens with zero attached hydrogens (tertiary/aromatic N) is 1. The maximum Gasteiger partial charge on any atom is 0.263 e. The van der Waals surface area contributed by atoms with E-state index in [9.17, 15) is 4.79 Å². The van der Waals surface area contributed by atoms with Crippen molar-refractivity contribution < 1.29 is 9.53 Å². The minimum absolute atomic E-state index is 0.221. The molecular formula is C14H10BrCl3N2O2. The number of anilines is 1. The van der Waals surface area contributed by atoms with E-state index in [1.165, 1.54) is 6.07 Å². The quantitative estimate of drug-likeness (QED) is 0.740. The van der Waals surface area contributed by atoms with Crippen LogP contribution < -0.4 is 10.1 Å². The number of aromatic nitrogens is 1. The Hall–Kier alpha value is -1.01. The third-order valence-electron chi connectivity index (χ3n) is 2.62. The molecule has 1 N–H and O–H groups in total. The number of carbonyl (C=O) groups is 1. The average Bonchev–Trinajstić information content (AvgIpc) is 2.44. The number of hydrogen-bond donors (Lipinski definition) is 1. The molecule has 0 bridgehead atoms. The zero-order valence-corrected chi connectivity index (χ0v) is 15.1. The van der Waals surface area contributed by atoms with Gasteiger partial charge >= 0.3 is 0 Å². The lowest BCUT2D eigenvalue weighted by Gasteiger charge is -2.10. The Bertz CT molecular complexity index is 725. The van der Waals surface area contributed by atoms with E-state index < -0.39 is 5.91 Å². The molecule has 0 spiro atoms. The first-order valence-electron chi connectivity index (χ1n) is 6.07. The van der Waals surface area contributed by atoms with E-state index in [2.05, 4.69) is 26.2 Å². The Morgan fingerprint density at radius 1 is 1.23 bits per heavy atom. The van der Waals surface area contributed by atoms with Gasteiger partial charge in [-0.1, -0.05) is 50.7 Å². The van der Waals surface area contributed by atoms with Crippen LogP contribution in [0.5, 0.6) is 5.75 Å². The Morgan fingerprint density at radius 3 is 2.64 bits per heavy atom. The maximum atomic E-state index is 11.9. The van der Waals surface area contributed by atoms with Gasteiger partial charge in [0, 0.05) is 4.47 Å². The Balaban J connectivity index is 2.00. The molecule has 22 heavy (non-hydrogen) atoms. The SMILES string of the molecule is Cc1nc(NC(=O)COc2ccc(Br)cc2Cl)c(Cl)cc1Cl. The highest BCUT2D eigenvalue weighted by molar-refractivity contribution is 9.10. The molecular weight excluding hydrogens is 414 g/mol. The molecule has 2 aromatic rings. The zero-order valence-electron chi connectivity index (χ0n) is 11.3. The van der Waals surface area contributed by atoms with Gasteiger partial charge in [-0.3, -0.25) is 4.79 Å². The van der Waals surface area contributed by atoms with Crippen LogP contribution in [0.25, 0.3) is 0 Å². The van der Waals surface area contributed by atoms with Crippen LogP contribution in [-0.4, -0.2) is 17.5 Å². The van der Waals surface area contributed by atoms with Gasteiger partial charge in [-0.2, -0.15) is 0 Å². The summed E-state index contributed by atoms with van der Waals surface area (Å²) in [4.78, 5) is 16.0. The van der Waals surface area contributed by atoms with E-state index in [1.807, 2.05) is 0 Å². The third kappa shape index (κ3) is 4.49. The van der Waals surface area contributed by atoms with Gasteiger partial charge in [-0.15, -0.1) is 0 Å². The van der Waals surface area contributed by atoms with Crippen molar-refractivity contribution in [3.63, 3.8) is 0 Å². The fraction of sp³-hybridized carbons (Fsp3) is 0.143. The highest BCUT2D eigenvalue weighted by atomic mass is 79.9. The number of benzene rings is 1. The number of pyridine rings is 1. The highest BCUT2D eigenvalue weighted by Crippen LogP contribution is 2.28. The van der Waals surface area contributed by atoms with Crippen LogP contribution in [0, 0.1) is 6.92 Å². The molecule has 116 valence electrons. The van der Waals surface area contributed by atoms with Gasteiger partial charge in [0.15, 0.2) is 12.4 Å². The first-order chi connectivity index (χ1) is 10.4. The van der Waals surface area contributed by atoms with Gasteiger partial charge in [0.2, 0.25) is 0 Å².